The second-order valence-corrected chi connectivity index (χ2v) is 8.77. The van der Waals surface area contributed by atoms with Gasteiger partial charge in [-0.3, -0.25) is 14.5 Å². The molecule has 2 N–H and O–H groups in total. The molecule has 2 atom stereocenters. The summed E-state index contributed by atoms with van der Waals surface area (Å²) < 4.78 is 1.93. The van der Waals surface area contributed by atoms with Crippen LogP contribution in [0.1, 0.15) is 23.6 Å². The lowest BCUT2D eigenvalue weighted by atomic mass is 9.83. The van der Waals surface area contributed by atoms with Crippen LogP contribution in [0, 0.1) is 5.92 Å². The van der Waals surface area contributed by atoms with Gasteiger partial charge in [0.1, 0.15) is 5.03 Å². The summed E-state index contributed by atoms with van der Waals surface area (Å²) in [6.45, 7) is 2.92. The Hall–Kier alpha value is -2.39. The Kier molecular flexibility index (Phi) is 5.60. The smallest absolute Gasteiger partial charge is 0.255 e. The van der Waals surface area contributed by atoms with Crippen LogP contribution in [-0.4, -0.2) is 58.3 Å². The van der Waals surface area contributed by atoms with Gasteiger partial charge in [0.25, 0.3) is 5.56 Å². The van der Waals surface area contributed by atoms with Gasteiger partial charge in [-0.2, -0.15) is 0 Å². The lowest BCUT2D eigenvalue weighted by molar-refractivity contribution is -0.118. The molecule has 8 nitrogen and oxygen atoms in total. The Balaban J connectivity index is 1.57. The van der Waals surface area contributed by atoms with Gasteiger partial charge in [-0.15, -0.1) is 11.8 Å². The average molecular weight is 415 g/mol. The number of primary amides is 1. The summed E-state index contributed by atoms with van der Waals surface area (Å²) in [5.41, 5.74) is 7.08. The molecule has 2 aromatic rings. The van der Waals surface area contributed by atoms with E-state index >= 15 is 0 Å². The zero-order valence-electron chi connectivity index (χ0n) is 16.7. The molecule has 2 aliphatic rings. The number of anilines is 1. The fourth-order valence-corrected chi connectivity index (χ4v) is 4.86. The molecule has 0 spiro atoms. The molecular formula is C20H26N6O2S. The fraction of sp³-hybridized carbons (Fsp3) is 0.500. The highest BCUT2D eigenvalue weighted by Crippen LogP contribution is 2.36. The summed E-state index contributed by atoms with van der Waals surface area (Å²) in [6.07, 6.45) is 4.91. The minimum atomic E-state index is -0.395. The Morgan fingerprint density at radius 2 is 2.14 bits per heavy atom. The van der Waals surface area contributed by atoms with Crippen LogP contribution >= 0.6 is 11.8 Å². The largest absolute Gasteiger partial charge is 0.369 e. The predicted octanol–water partition coefficient (Wildman–Crippen LogP) is 0.901. The van der Waals surface area contributed by atoms with Crippen molar-refractivity contribution in [1.82, 2.24) is 19.4 Å². The van der Waals surface area contributed by atoms with Crippen molar-refractivity contribution in [2.24, 2.45) is 11.7 Å². The molecule has 0 aliphatic carbocycles. The number of pyridine rings is 1. The van der Waals surface area contributed by atoms with Crippen LogP contribution < -0.4 is 16.2 Å². The maximum absolute atomic E-state index is 13.1. The van der Waals surface area contributed by atoms with Crippen molar-refractivity contribution in [3.05, 3.63) is 46.0 Å². The number of rotatable bonds is 6. The number of likely N-dealkylation sites (N-methyl/N-ethyl adjacent to an activating group) is 1. The van der Waals surface area contributed by atoms with Crippen molar-refractivity contribution in [2.75, 3.05) is 37.8 Å². The topological polar surface area (TPSA) is 97.4 Å². The summed E-state index contributed by atoms with van der Waals surface area (Å²) in [5.74, 6) is 1.05. The van der Waals surface area contributed by atoms with E-state index in [1.165, 1.54) is 0 Å². The number of amides is 1. The fourth-order valence-electron chi connectivity index (χ4n) is 4.49. The quantitative estimate of drug-likeness (QED) is 0.554. The Bertz CT molecular complexity index is 978. The first-order valence-corrected chi connectivity index (χ1v) is 11.0. The number of thioether (sulfide) groups is 1. The lowest BCUT2D eigenvalue weighted by Crippen LogP contribution is -2.48. The van der Waals surface area contributed by atoms with Gasteiger partial charge in [0.15, 0.2) is 0 Å². The van der Waals surface area contributed by atoms with E-state index in [2.05, 4.69) is 20.9 Å². The highest BCUT2D eigenvalue weighted by Gasteiger charge is 2.36. The van der Waals surface area contributed by atoms with Gasteiger partial charge in [-0.25, -0.2) is 9.97 Å². The van der Waals surface area contributed by atoms with E-state index < -0.39 is 5.91 Å². The third-order valence-corrected chi connectivity index (χ3v) is 6.30. The number of nitrogens with two attached hydrogens (primary N) is 1. The molecule has 0 radical (unpaired) electrons. The van der Waals surface area contributed by atoms with Crippen molar-refractivity contribution in [1.29, 1.82) is 0 Å². The second-order valence-electron chi connectivity index (χ2n) is 7.94. The molecule has 0 aromatic carbocycles. The third kappa shape index (κ3) is 4.16. The minimum Gasteiger partial charge on any atom is -0.369 e. The van der Waals surface area contributed by atoms with Crippen LogP contribution in [0.25, 0.3) is 0 Å². The molecule has 1 amide bonds. The van der Waals surface area contributed by atoms with Crippen LogP contribution in [0.4, 0.5) is 5.95 Å². The zero-order valence-corrected chi connectivity index (χ0v) is 17.6. The molecule has 0 unspecified atom stereocenters. The standard InChI is InChI=1S/C20H26N6O2S/c1-24(12-17(21)27)10-14-3-4-16-15-7-13(9-26(16)19(14)28)8-25(11-15)20-22-6-5-18(23-20)29-2/h3-6,13,15H,7-12H2,1-2H3,(H2,21,27)/t13-,15+/m0/s1. The number of carbonyl (C=O) groups excluding carboxylic acids is 1. The van der Waals surface area contributed by atoms with Crippen LogP contribution in [0.15, 0.2) is 34.2 Å². The van der Waals surface area contributed by atoms with Gasteiger partial charge in [0.05, 0.1) is 6.54 Å². The van der Waals surface area contributed by atoms with Crippen LogP contribution in [-0.2, 0) is 17.9 Å². The maximum Gasteiger partial charge on any atom is 0.255 e. The van der Waals surface area contributed by atoms with Crippen LogP contribution in [0.3, 0.4) is 0 Å². The van der Waals surface area contributed by atoms with Crippen molar-refractivity contribution < 1.29 is 4.79 Å². The van der Waals surface area contributed by atoms with E-state index in [1.54, 1.807) is 23.7 Å². The molecule has 4 rings (SSSR count). The first kappa shape index (κ1) is 19.9. The highest BCUT2D eigenvalue weighted by molar-refractivity contribution is 7.98. The van der Waals surface area contributed by atoms with Gasteiger partial charge in [0, 0.05) is 49.6 Å². The number of fused-ring (bicyclic) bond motifs is 4. The van der Waals surface area contributed by atoms with E-state index in [0.29, 0.717) is 24.6 Å². The monoisotopic (exact) mass is 414 g/mol. The molecule has 9 heteroatoms. The van der Waals surface area contributed by atoms with Gasteiger partial charge >= 0.3 is 0 Å². The molecule has 4 heterocycles. The van der Waals surface area contributed by atoms with E-state index in [9.17, 15) is 9.59 Å². The lowest BCUT2D eigenvalue weighted by Gasteiger charge is -2.43. The molecule has 0 saturated carbocycles. The molecular weight excluding hydrogens is 388 g/mol. The van der Waals surface area contributed by atoms with Gasteiger partial charge in [0.2, 0.25) is 11.9 Å². The minimum absolute atomic E-state index is 0.0441. The molecule has 1 saturated heterocycles. The Labute approximate surface area is 174 Å². The number of hydrogen-bond acceptors (Lipinski definition) is 7. The Morgan fingerprint density at radius 3 is 2.90 bits per heavy atom. The van der Waals surface area contributed by atoms with Gasteiger partial charge in [-0.1, -0.05) is 6.07 Å². The van der Waals surface area contributed by atoms with Crippen molar-refractivity contribution in [3.8, 4) is 0 Å². The predicted molar refractivity (Wildman–Crippen MR) is 113 cm³/mol. The molecule has 1 fully saturated rings. The number of piperidine rings is 1. The molecule has 29 heavy (non-hydrogen) atoms. The number of aromatic nitrogens is 3. The number of nitrogens with zero attached hydrogens (tertiary/aromatic N) is 5. The third-order valence-electron chi connectivity index (χ3n) is 5.66. The first-order valence-electron chi connectivity index (χ1n) is 9.76. The second kappa shape index (κ2) is 8.16. The highest BCUT2D eigenvalue weighted by atomic mass is 32.2. The van der Waals surface area contributed by atoms with E-state index in [1.807, 2.05) is 29.2 Å². The molecule has 2 bridgehead atoms. The van der Waals surface area contributed by atoms with Crippen molar-refractivity contribution in [2.45, 2.75) is 30.5 Å². The van der Waals surface area contributed by atoms with E-state index in [4.69, 9.17) is 5.73 Å². The summed E-state index contributed by atoms with van der Waals surface area (Å²) in [6, 6.07) is 5.89. The normalized spacial score (nSPS) is 20.6. The molecule has 154 valence electrons. The molecule has 2 aliphatic heterocycles. The van der Waals surface area contributed by atoms with E-state index in [0.717, 1.165) is 36.2 Å². The SMILES string of the molecule is CSc1ccnc(N2C[C@@H]3C[C@H](C2)c2ccc(CN(C)CC(N)=O)c(=O)n2C3)n1. The molecule has 2 aromatic heterocycles. The van der Waals surface area contributed by atoms with Crippen molar-refractivity contribution >= 4 is 23.6 Å². The summed E-state index contributed by atoms with van der Waals surface area (Å²) >= 11 is 1.61. The number of carbonyl (C=O) groups is 1. The first-order chi connectivity index (χ1) is 13.9. The van der Waals surface area contributed by atoms with Gasteiger partial charge in [-0.05, 0) is 37.8 Å². The Morgan fingerprint density at radius 1 is 1.31 bits per heavy atom. The summed E-state index contributed by atoms with van der Waals surface area (Å²) in [4.78, 5) is 37.3. The van der Waals surface area contributed by atoms with Gasteiger partial charge < -0.3 is 15.2 Å². The average Bonchev–Trinajstić information content (AvgIpc) is 2.70. The van der Waals surface area contributed by atoms with Crippen molar-refractivity contribution in [3.63, 3.8) is 0 Å². The zero-order chi connectivity index (χ0) is 20.5. The maximum atomic E-state index is 13.1. The number of hydrogen-bond donors (Lipinski definition) is 1. The van der Waals surface area contributed by atoms with Crippen LogP contribution in [0.5, 0.6) is 0 Å². The van der Waals surface area contributed by atoms with E-state index in [-0.39, 0.29) is 18.0 Å². The van der Waals surface area contributed by atoms with Crippen LogP contribution in [0.2, 0.25) is 0 Å². The summed E-state index contributed by atoms with van der Waals surface area (Å²) in [7, 11) is 1.80. The summed E-state index contributed by atoms with van der Waals surface area (Å²) in [5, 5.41) is 0.965.